The smallest absolute Gasteiger partial charge is 0.267 e. The van der Waals surface area contributed by atoms with Crippen LogP contribution in [0.5, 0.6) is 0 Å². The number of nitrogens with zero attached hydrogens (tertiary/aromatic N) is 4. The Labute approximate surface area is 128 Å². The summed E-state index contributed by atoms with van der Waals surface area (Å²) in [7, 11) is 0. The lowest BCUT2D eigenvalue weighted by molar-refractivity contribution is 0.118. The molecule has 0 aliphatic carbocycles. The van der Waals surface area contributed by atoms with Crippen molar-refractivity contribution in [1.82, 2.24) is 19.3 Å². The topological polar surface area (TPSA) is 52.7 Å². The predicted molar refractivity (Wildman–Crippen MR) is 80.9 cm³/mol. The second-order valence-electron chi connectivity index (χ2n) is 4.52. The summed E-state index contributed by atoms with van der Waals surface area (Å²) in [6.45, 7) is -0.696. The van der Waals surface area contributed by atoms with E-state index in [1.54, 1.807) is 24.3 Å². The molecule has 0 amide bonds. The van der Waals surface area contributed by atoms with E-state index in [-0.39, 0.29) is 5.39 Å². The summed E-state index contributed by atoms with van der Waals surface area (Å²) in [5, 5.41) is 0.702. The van der Waals surface area contributed by atoms with E-state index >= 15 is 0 Å². The van der Waals surface area contributed by atoms with Crippen LogP contribution in [0.15, 0.2) is 46.5 Å². The maximum Gasteiger partial charge on any atom is 0.278 e. The van der Waals surface area contributed by atoms with Crippen molar-refractivity contribution in [2.45, 2.75) is 18.1 Å². The van der Waals surface area contributed by atoms with Crippen LogP contribution < -0.4 is 5.56 Å². The Morgan fingerprint density at radius 1 is 1.27 bits per heavy atom. The number of alkyl halides is 2. The molecule has 0 bridgehead atoms. The van der Waals surface area contributed by atoms with Crippen molar-refractivity contribution in [3.8, 4) is 5.69 Å². The fourth-order valence-corrected chi connectivity index (χ4v) is 2.57. The van der Waals surface area contributed by atoms with Crippen LogP contribution in [-0.4, -0.2) is 32.0 Å². The zero-order valence-electron chi connectivity index (χ0n) is 11.6. The van der Waals surface area contributed by atoms with Crippen LogP contribution in [0.1, 0.15) is 0 Å². The van der Waals surface area contributed by atoms with Gasteiger partial charge in [-0.1, -0.05) is 30.0 Å². The van der Waals surface area contributed by atoms with Crippen molar-refractivity contribution in [2.75, 3.05) is 6.26 Å². The lowest BCUT2D eigenvalue weighted by atomic mass is 10.3. The largest absolute Gasteiger partial charge is 0.278 e. The first-order valence-electron chi connectivity index (χ1n) is 6.48. The van der Waals surface area contributed by atoms with Gasteiger partial charge in [0, 0.05) is 6.20 Å². The highest BCUT2D eigenvalue weighted by Crippen LogP contribution is 2.18. The van der Waals surface area contributed by atoms with Gasteiger partial charge in [0.15, 0.2) is 10.8 Å². The van der Waals surface area contributed by atoms with Gasteiger partial charge in [0.25, 0.3) is 12.0 Å². The van der Waals surface area contributed by atoms with Crippen LogP contribution in [0.3, 0.4) is 0 Å². The molecule has 0 aliphatic heterocycles. The highest BCUT2D eigenvalue weighted by molar-refractivity contribution is 7.98. The lowest BCUT2D eigenvalue weighted by Crippen LogP contribution is -2.25. The normalized spacial score (nSPS) is 11.5. The van der Waals surface area contributed by atoms with E-state index in [0.29, 0.717) is 16.5 Å². The van der Waals surface area contributed by atoms with Crippen molar-refractivity contribution in [3.05, 3.63) is 46.9 Å². The molecule has 0 spiro atoms. The minimum absolute atomic E-state index is 0.224. The molecular weight excluding hydrogens is 310 g/mol. The Bertz CT molecular complexity index is 860. The molecule has 5 nitrogen and oxygen atoms in total. The molecule has 2 aromatic heterocycles. The Balaban J connectivity index is 2.36. The number of aromatic nitrogens is 4. The maximum atomic E-state index is 12.9. The van der Waals surface area contributed by atoms with Gasteiger partial charge < -0.3 is 0 Å². The Morgan fingerprint density at radius 3 is 2.64 bits per heavy atom. The van der Waals surface area contributed by atoms with Crippen molar-refractivity contribution in [1.29, 1.82) is 0 Å². The van der Waals surface area contributed by atoms with Crippen LogP contribution in [0.4, 0.5) is 8.78 Å². The molecule has 22 heavy (non-hydrogen) atoms. The summed E-state index contributed by atoms with van der Waals surface area (Å²) in [6.07, 6.45) is 0.553. The van der Waals surface area contributed by atoms with Gasteiger partial charge in [-0.15, -0.1) is 0 Å². The van der Waals surface area contributed by atoms with Gasteiger partial charge in [-0.05, 0) is 18.4 Å². The number of thioether (sulfide) groups is 1. The predicted octanol–water partition coefficient (Wildman–Crippen LogP) is 2.57. The summed E-state index contributed by atoms with van der Waals surface area (Å²) >= 11 is 1.32. The fourth-order valence-electron chi connectivity index (χ4n) is 2.24. The molecule has 2 heterocycles. The number of halogens is 2. The standard InChI is InChI=1S/C14H12F2N4OS/c1-22-14-17-7-10-12(18-14)20(9-5-3-2-4-6-9)19(13(10)21)8-11(15)16/h2-7,11H,8H2,1H3. The third-order valence-corrected chi connectivity index (χ3v) is 3.71. The quantitative estimate of drug-likeness (QED) is 0.547. The SMILES string of the molecule is CSc1ncc2c(=O)n(CC(F)F)n(-c3ccccc3)c2n1. The fraction of sp³-hybridized carbons (Fsp3) is 0.214. The average Bonchev–Trinajstić information content (AvgIpc) is 2.79. The maximum absolute atomic E-state index is 12.9. The molecule has 3 rings (SSSR count). The highest BCUT2D eigenvalue weighted by atomic mass is 32.2. The molecule has 0 N–H and O–H groups in total. The first-order chi connectivity index (χ1) is 10.6. The molecular formula is C14H12F2N4OS. The second kappa shape index (κ2) is 5.88. The van der Waals surface area contributed by atoms with Crippen molar-refractivity contribution >= 4 is 22.8 Å². The number of hydrogen-bond acceptors (Lipinski definition) is 4. The van der Waals surface area contributed by atoms with E-state index in [0.717, 1.165) is 4.68 Å². The van der Waals surface area contributed by atoms with Crippen LogP contribution >= 0.6 is 11.8 Å². The second-order valence-corrected chi connectivity index (χ2v) is 5.29. The van der Waals surface area contributed by atoms with Crippen molar-refractivity contribution in [3.63, 3.8) is 0 Å². The summed E-state index contributed by atoms with van der Waals surface area (Å²) in [6, 6.07) is 8.83. The average molecular weight is 322 g/mol. The molecule has 0 saturated carbocycles. The minimum atomic E-state index is -2.64. The summed E-state index contributed by atoms with van der Waals surface area (Å²) < 4.78 is 28.1. The molecule has 0 fully saturated rings. The number of hydrogen-bond donors (Lipinski definition) is 0. The summed E-state index contributed by atoms with van der Waals surface area (Å²) in [5.41, 5.74) is 0.406. The molecule has 0 saturated heterocycles. The summed E-state index contributed by atoms with van der Waals surface area (Å²) in [5.74, 6) is 0. The van der Waals surface area contributed by atoms with Gasteiger partial charge >= 0.3 is 0 Å². The van der Waals surface area contributed by atoms with Crippen LogP contribution in [0, 0.1) is 0 Å². The van der Waals surface area contributed by atoms with Gasteiger partial charge in [-0.2, -0.15) is 0 Å². The number of fused-ring (bicyclic) bond motifs is 1. The van der Waals surface area contributed by atoms with Crippen LogP contribution in [0.25, 0.3) is 16.7 Å². The Morgan fingerprint density at radius 2 is 2.00 bits per heavy atom. The molecule has 0 atom stereocenters. The van der Waals surface area contributed by atoms with Crippen molar-refractivity contribution < 1.29 is 8.78 Å². The first kappa shape index (κ1) is 14.7. The van der Waals surface area contributed by atoms with E-state index in [1.165, 1.54) is 22.6 Å². The van der Waals surface area contributed by atoms with Gasteiger partial charge in [-0.3, -0.25) is 4.79 Å². The van der Waals surface area contributed by atoms with Crippen LogP contribution in [-0.2, 0) is 6.54 Å². The first-order valence-corrected chi connectivity index (χ1v) is 7.70. The third kappa shape index (κ3) is 2.50. The molecule has 1 aromatic carbocycles. The molecule has 0 radical (unpaired) electrons. The van der Waals surface area contributed by atoms with E-state index in [9.17, 15) is 13.6 Å². The minimum Gasteiger partial charge on any atom is -0.267 e. The van der Waals surface area contributed by atoms with E-state index in [4.69, 9.17) is 0 Å². The Kier molecular flexibility index (Phi) is 3.93. The van der Waals surface area contributed by atoms with Gasteiger partial charge in [0.2, 0.25) is 0 Å². The molecule has 0 unspecified atom stereocenters. The molecule has 114 valence electrons. The van der Waals surface area contributed by atoms with E-state index in [1.807, 2.05) is 12.3 Å². The number of para-hydroxylation sites is 1. The highest BCUT2D eigenvalue weighted by Gasteiger charge is 2.19. The van der Waals surface area contributed by atoms with E-state index in [2.05, 4.69) is 9.97 Å². The number of benzene rings is 1. The lowest BCUT2D eigenvalue weighted by Gasteiger charge is -2.11. The van der Waals surface area contributed by atoms with Gasteiger partial charge in [0.05, 0.1) is 5.69 Å². The third-order valence-electron chi connectivity index (χ3n) is 3.15. The van der Waals surface area contributed by atoms with Gasteiger partial charge in [0.1, 0.15) is 11.9 Å². The zero-order chi connectivity index (χ0) is 15.7. The van der Waals surface area contributed by atoms with E-state index < -0.39 is 18.5 Å². The Hall–Kier alpha value is -2.22. The molecule has 3 aromatic rings. The molecule has 8 heteroatoms. The zero-order valence-corrected chi connectivity index (χ0v) is 12.4. The van der Waals surface area contributed by atoms with Crippen LogP contribution in [0.2, 0.25) is 0 Å². The monoisotopic (exact) mass is 322 g/mol. The van der Waals surface area contributed by atoms with Crippen molar-refractivity contribution in [2.24, 2.45) is 0 Å². The number of rotatable bonds is 4. The molecule has 0 aliphatic rings. The van der Waals surface area contributed by atoms with Gasteiger partial charge in [-0.25, -0.2) is 28.1 Å². The summed E-state index contributed by atoms with van der Waals surface area (Å²) in [4.78, 5) is 20.7.